The molecule has 12 heteroatoms. The molecule has 0 amide bonds. The maximum Gasteiger partial charge on any atom is 0.317 e. The number of aromatic hydroxyl groups is 1. The molecule has 0 radical (unpaired) electrons. The highest BCUT2D eigenvalue weighted by atomic mass is 31.2. The lowest BCUT2D eigenvalue weighted by Crippen LogP contribution is -2.14. The highest BCUT2D eigenvalue weighted by molar-refractivity contribution is 7.45. The molecule has 0 aliphatic carbocycles. The van der Waals surface area contributed by atoms with E-state index in [1.165, 1.54) is 57.4 Å². The van der Waals surface area contributed by atoms with E-state index in [1.54, 1.807) is 12.1 Å². The van der Waals surface area contributed by atoms with Gasteiger partial charge in [-0.3, -0.25) is 4.57 Å². The summed E-state index contributed by atoms with van der Waals surface area (Å²) in [6, 6.07) is 27.5. The number of H-pyrrole nitrogens is 4. The van der Waals surface area contributed by atoms with Crippen molar-refractivity contribution in [3.63, 3.8) is 0 Å². The summed E-state index contributed by atoms with van der Waals surface area (Å²) in [5.74, 6) is 1.09. The molecule has 4 aromatic carbocycles. The van der Waals surface area contributed by atoms with Crippen LogP contribution in [0.4, 0.5) is 0 Å². The number of phenols is 1. The first-order valence-electron chi connectivity index (χ1n) is 20.7. The van der Waals surface area contributed by atoms with Gasteiger partial charge < -0.3 is 49.2 Å². The van der Waals surface area contributed by atoms with Gasteiger partial charge >= 0.3 is 7.82 Å². The van der Waals surface area contributed by atoms with Crippen LogP contribution in [-0.2, 0) is 30.2 Å². The third-order valence-corrected chi connectivity index (χ3v) is 10.7. The van der Waals surface area contributed by atoms with Gasteiger partial charge in [-0.25, -0.2) is 0 Å². The van der Waals surface area contributed by atoms with Crippen molar-refractivity contribution in [3.05, 3.63) is 132 Å². The highest BCUT2D eigenvalue weighted by Gasteiger charge is 2.14. The quantitative estimate of drug-likeness (QED) is 0.0631. The Hall–Kier alpha value is -5.29. The number of aromatic amines is 4. The van der Waals surface area contributed by atoms with Crippen molar-refractivity contribution in [2.24, 2.45) is 5.92 Å². The number of fused-ring (bicyclic) bond motifs is 4. The Morgan fingerprint density at radius 1 is 0.617 bits per heavy atom. The molecule has 1 unspecified atom stereocenters. The number of aryl methyl sites for hydroxylation is 2. The SMILES string of the molecule is CC(C)CCc1c[nH]c2cccc(OP(=O)([O-])O)c12.CCCc1c[nH]c2ccccc12.CN(C)CCc1c[nH]c2cccc(O)c12.CN(C)CCc1c[nH]c2ccccc12. The molecule has 8 rings (SSSR count). The fourth-order valence-corrected chi connectivity index (χ4v) is 7.53. The zero-order valence-corrected chi connectivity index (χ0v) is 37.0. The van der Waals surface area contributed by atoms with E-state index in [1.807, 2.05) is 30.6 Å². The van der Waals surface area contributed by atoms with E-state index >= 15 is 0 Å². The number of nitrogens with zero attached hydrogens (tertiary/aromatic N) is 2. The molecule has 11 nitrogen and oxygen atoms in total. The van der Waals surface area contributed by atoms with Crippen LogP contribution in [0.2, 0.25) is 0 Å². The van der Waals surface area contributed by atoms with Crippen molar-refractivity contribution in [2.45, 2.75) is 59.3 Å². The Morgan fingerprint density at radius 2 is 1.07 bits per heavy atom. The van der Waals surface area contributed by atoms with Gasteiger partial charge in [0.05, 0.1) is 0 Å². The van der Waals surface area contributed by atoms with Crippen molar-refractivity contribution in [1.82, 2.24) is 29.7 Å². The normalized spacial score (nSPS) is 12.3. The molecule has 0 saturated carbocycles. The average Bonchev–Trinajstić information content (AvgIpc) is 4.02. The molecule has 0 spiro atoms. The number of rotatable bonds is 13. The number of hydrogen-bond acceptors (Lipinski definition) is 6. The maximum absolute atomic E-state index is 10.9. The molecular weight excluding hydrogens is 772 g/mol. The second kappa shape index (κ2) is 21.8. The van der Waals surface area contributed by atoms with Crippen molar-refractivity contribution >= 4 is 51.4 Å². The Bertz CT molecular complexity index is 2580. The second-order valence-electron chi connectivity index (χ2n) is 16.1. The zero-order chi connectivity index (χ0) is 43.2. The summed E-state index contributed by atoms with van der Waals surface area (Å²) in [6.45, 7) is 8.56. The fourth-order valence-electron chi connectivity index (χ4n) is 7.13. The Morgan fingerprint density at radius 3 is 1.60 bits per heavy atom. The van der Waals surface area contributed by atoms with Crippen LogP contribution in [0.1, 0.15) is 55.9 Å². The molecule has 0 aliphatic rings. The maximum atomic E-state index is 10.9. The third-order valence-electron chi connectivity index (χ3n) is 10.2. The van der Waals surface area contributed by atoms with Crippen molar-refractivity contribution in [3.8, 4) is 11.5 Å². The van der Waals surface area contributed by atoms with E-state index in [9.17, 15) is 14.6 Å². The number of aromatic nitrogens is 4. The average molecular weight is 834 g/mol. The molecule has 0 saturated heterocycles. The summed E-state index contributed by atoms with van der Waals surface area (Å²) < 4.78 is 15.6. The van der Waals surface area contributed by atoms with Crippen LogP contribution in [-0.4, -0.2) is 81.0 Å². The summed E-state index contributed by atoms with van der Waals surface area (Å²) in [5, 5.41) is 14.2. The first-order valence-corrected chi connectivity index (χ1v) is 22.2. The van der Waals surface area contributed by atoms with Crippen molar-refractivity contribution in [1.29, 1.82) is 0 Å². The van der Waals surface area contributed by atoms with Gasteiger partial charge in [0.2, 0.25) is 0 Å². The highest BCUT2D eigenvalue weighted by Crippen LogP contribution is 2.39. The lowest BCUT2D eigenvalue weighted by Gasteiger charge is -2.17. The van der Waals surface area contributed by atoms with Gasteiger partial charge in [0, 0.05) is 81.5 Å². The Kier molecular flexibility index (Phi) is 16.6. The van der Waals surface area contributed by atoms with Crippen LogP contribution in [0.3, 0.4) is 0 Å². The van der Waals surface area contributed by atoms with E-state index < -0.39 is 7.82 Å². The molecule has 8 aromatic rings. The Balaban J connectivity index is 0.000000154. The molecule has 6 N–H and O–H groups in total. The van der Waals surface area contributed by atoms with Crippen molar-refractivity contribution < 1.29 is 24.0 Å². The Labute approximate surface area is 354 Å². The number of para-hydroxylation sites is 2. The molecule has 4 heterocycles. The van der Waals surface area contributed by atoms with Gasteiger partial charge in [0.1, 0.15) is 11.5 Å². The minimum absolute atomic E-state index is 0.165. The summed E-state index contributed by atoms with van der Waals surface area (Å²) in [6.07, 6.45) is 14.3. The summed E-state index contributed by atoms with van der Waals surface area (Å²) in [5.41, 5.74) is 9.31. The van der Waals surface area contributed by atoms with E-state index in [-0.39, 0.29) is 5.75 Å². The monoisotopic (exact) mass is 833 g/mol. The minimum Gasteiger partial charge on any atom is -0.746 e. The van der Waals surface area contributed by atoms with E-state index in [0.29, 0.717) is 17.1 Å². The number of phenolic OH excluding ortho intramolecular Hbond substituents is 1. The van der Waals surface area contributed by atoms with Gasteiger partial charge in [0.15, 0.2) is 0 Å². The molecule has 4 aromatic heterocycles. The van der Waals surface area contributed by atoms with E-state index in [2.05, 4.69) is 144 Å². The molecular formula is C48H62N6O5P-. The largest absolute Gasteiger partial charge is 0.746 e. The number of phosphoric acid groups is 1. The van der Waals surface area contributed by atoms with Gasteiger partial charge in [-0.2, -0.15) is 0 Å². The van der Waals surface area contributed by atoms with Crippen molar-refractivity contribution in [2.75, 3.05) is 41.3 Å². The number of phosphoric ester groups is 1. The number of likely N-dealkylation sites (N-methyl/N-ethyl adjacent to an activating group) is 2. The molecule has 0 fully saturated rings. The molecule has 0 bridgehead atoms. The summed E-state index contributed by atoms with van der Waals surface area (Å²) >= 11 is 0. The number of nitrogens with one attached hydrogen (secondary N) is 4. The first-order chi connectivity index (χ1) is 28.7. The first kappa shape index (κ1) is 45.8. The van der Waals surface area contributed by atoms with Crippen LogP contribution in [0.15, 0.2) is 110 Å². The van der Waals surface area contributed by atoms with Gasteiger partial charge in [-0.15, -0.1) is 0 Å². The van der Waals surface area contributed by atoms with Crippen LogP contribution >= 0.6 is 7.82 Å². The van der Waals surface area contributed by atoms with E-state index in [0.717, 1.165) is 60.8 Å². The van der Waals surface area contributed by atoms with Crippen LogP contribution in [0.5, 0.6) is 11.5 Å². The van der Waals surface area contributed by atoms with E-state index in [4.69, 9.17) is 4.89 Å². The smallest absolute Gasteiger partial charge is 0.317 e. The molecule has 1 atom stereocenters. The molecule has 0 aliphatic heterocycles. The summed E-state index contributed by atoms with van der Waals surface area (Å²) in [4.78, 5) is 36.9. The standard InChI is InChI=1S/C13H18NO4P.C12H16N2O.C12H16N2.C11H13N/c1-9(2)6-7-10-8-14-11-4-3-5-12(13(10)11)18-19(15,16)17;1-14(2)7-6-9-8-13-10-4-3-5-11(15)12(9)10;1-14(2)8-7-10-9-13-12-6-4-3-5-11(10)12;1-2-5-9-8-12-11-7-4-3-6-10(9)11/h3-5,8-9,14H,6-7H2,1-2H3,(H2,15,16,17);3-5,8,13,15H,6-7H2,1-2H3;3-6,9,13H,7-8H2,1-2H3;3-4,6-8,12H,2,5H2,1H3/p-1. The zero-order valence-electron chi connectivity index (χ0n) is 36.1. The minimum atomic E-state index is -4.79. The van der Waals surface area contributed by atoms with Gasteiger partial charge in [0.25, 0.3) is 0 Å². The van der Waals surface area contributed by atoms with Crippen LogP contribution in [0.25, 0.3) is 43.6 Å². The van der Waals surface area contributed by atoms with Gasteiger partial charge in [-0.05, 0) is 125 Å². The second-order valence-corrected chi connectivity index (χ2v) is 17.2. The predicted molar refractivity (Wildman–Crippen MR) is 247 cm³/mol. The third kappa shape index (κ3) is 13.1. The topological polar surface area (TPSA) is 159 Å². The number of hydrogen-bond donors (Lipinski definition) is 6. The lowest BCUT2D eigenvalue weighted by atomic mass is 10.0. The molecule has 60 heavy (non-hydrogen) atoms. The van der Waals surface area contributed by atoms with Crippen LogP contribution in [0, 0.1) is 5.92 Å². The van der Waals surface area contributed by atoms with Crippen LogP contribution < -0.4 is 9.42 Å². The lowest BCUT2D eigenvalue weighted by molar-refractivity contribution is -0.211. The molecule has 320 valence electrons. The number of benzene rings is 4. The predicted octanol–water partition coefficient (Wildman–Crippen LogP) is 9.97. The summed E-state index contributed by atoms with van der Waals surface area (Å²) in [7, 11) is 3.52. The fraction of sp³-hybridized carbons (Fsp3) is 0.333. The van der Waals surface area contributed by atoms with Gasteiger partial charge in [-0.1, -0.05) is 75.7 Å².